The van der Waals surface area contributed by atoms with Crippen molar-refractivity contribution in [3.8, 4) is 0 Å². The fourth-order valence-electron chi connectivity index (χ4n) is 1.93. The molecule has 0 radical (unpaired) electrons. The van der Waals surface area contributed by atoms with Crippen molar-refractivity contribution in [3.63, 3.8) is 0 Å². The Kier molecular flexibility index (Phi) is 3.74. The lowest BCUT2D eigenvalue weighted by atomic mass is 10.2. The first-order valence-electron chi connectivity index (χ1n) is 5.96. The Morgan fingerprint density at radius 1 is 1.24 bits per heavy atom. The number of alkyl halides is 2. The molecular formula is C13H18F2N2. The summed E-state index contributed by atoms with van der Waals surface area (Å²) in [4.78, 5) is 1.85. The molecule has 94 valence electrons. The Morgan fingerprint density at radius 3 is 2.41 bits per heavy atom. The second-order valence-electron chi connectivity index (χ2n) is 4.68. The maximum Gasteiger partial charge on any atom is 0.272 e. The molecule has 0 atom stereocenters. The fraction of sp³-hybridized carbons (Fsp3) is 0.538. The molecule has 1 aliphatic rings. The van der Waals surface area contributed by atoms with Crippen LogP contribution in [0.25, 0.3) is 0 Å². The largest absolute Gasteiger partial charge is 0.325 e. The van der Waals surface area contributed by atoms with Gasteiger partial charge in [0.15, 0.2) is 0 Å². The van der Waals surface area contributed by atoms with Crippen LogP contribution in [0.3, 0.4) is 0 Å². The highest BCUT2D eigenvalue weighted by molar-refractivity contribution is 5.15. The molecule has 4 heteroatoms. The van der Waals surface area contributed by atoms with Crippen molar-refractivity contribution < 1.29 is 8.78 Å². The van der Waals surface area contributed by atoms with Gasteiger partial charge in [-0.15, -0.1) is 0 Å². The van der Waals surface area contributed by atoms with Gasteiger partial charge in [0.2, 0.25) is 0 Å². The summed E-state index contributed by atoms with van der Waals surface area (Å²) < 4.78 is 26.7. The van der Waals surface area contributed by atoms with E-state index in [-0.39, 0.29) is 6.54 Å². The van der Waals surface area contributed by atoms with E-state index < -0.39 is 12.5 Å². The van der Waals surface area contributed by atoms with Gasteiger partial charge in [-0.05, 0) is 18.4 Å². The maximum absolute atomic E-state index is 13.3. The van der Waals surface area contributed by atoms with Crippen LogP contribution in [0.4, 0.5) is 8.78 Å². The first-order chi connectivity index (χ1) is 8.11. The first kappa shape index (κ1) is 12.5. The Hall–Kier alpha value is -1.00. The van der Waals surface area contributed by atoms with Crippen molar-refractivity contribution in [2.75, 3.05) is 13.1 Å². The van der Waals surface area contributed by atoms with E-state index in [0.29, 0.717) is 12.6 Å². The molecule has 0 heterocycles. The lowest BCUT2D eigenvalue weighted by molar-refractivity contribution is -0.0279. The topological polar surface area (TPSA) is 29.3 Å². The lowest BCUT2D eigenvalue weighted by Crippen LogP contribution is -2.42. The Labute approximate surface area is 100 Å². The van der Waals surface area contributed by atoms with Crippen LogP contribution in [0.5, 0.6) is 0 Å². The average molecular weight is 240 g/mol. The SMILES string of the molecule is NCC(F)(F)CN(Cc1ccccc1)C1CC1. The molecule has 2 rings (SSSR count). The minimum absolute atomic E-state index is 0.233. The second kappa shape index (κ2) is 5.10. The predicted molar refractivity (Wildman–Crippen MR) is 63.9 cm³/mol. The summed E-state index contributed by atoms with van der Waals surface area (Å²) >= 11 is 0. The van der Waals surface area contributed by atoms with Crippen LogP contribution < -0.4 is 5.73 Å². The van der Waals surface area contributed by atoms with E-state index >= 15 is 0 Å². The van der Waals surface area contributed by atoms with E-state index in [1.807, 2.05) is 35.2 Å². The quantitative estimate of drug-likeness (QED) is 0.826. The summed E-state index contributed by atoms with van der Waals surface area (Å²) in [7, 11) is 0. The second-order valence-corrected chi connectivity index (χ2v) is 4.68. The molecule has 0 aromatic heterocycles. The molecule has 0 aliphatic heterocycles. The molecule has 1 aromatic rings. The number of hydrogen-bond donors (Lipinski definition) is 1. The number of nitrogens with two attached hydrogens (primary N) is 1. The van der Waals surface area contributed by atoms with E-state index in [9.17, 15) is 8.78 Å². The van der Waals surface area contributed by atoms with Crippen LogP contribution in [0, 0.1) is 0 Å². The molecule has 17 heavy (non-hydrogen) atoms. The van der Waals surface area contributed by atoms with Gasteiger partial charge in [-0.1, -0.05) is 30.3 Å². The third-order valence-corrected chi connectivity index (χ3v) is 3.02. The Balaban J connectivity index is 1.98. The van der Waals surface area contributed by atoms with E-state index in [0.717, 1.165) is 18.4 Å². The highest BCUT2D eigenvalue weighted by Crippen LogP contribution is 2.30. The average Bonchev–Trinajstić information content (AvgIpc) is 3.13. The zero-order chi connectivity index (χ0) is 12.3. The summed E-state index contributed by atoms with van der Waals surface area (Å²) in [6.45, 7) is -0.227. The van der Waals surface area contributed by atoms with Gasteiger partial charge in [0.25, 0.3) is 5.92 Å². The Morgan fingerprint density at radius 2 is 1.88 bits per heavy atom. The first-order valence-corrected chi connectivity index (χ1v) is 5.96. The zero-order valence-electron chi connectivity index (χ0n) is 9.78. The molecule has 0 saturated heterocycles. The third kappa shape index (κ3) is 3.75. The molecule has 2 nitrogen and oxygen atoms in total. The summed E-state index contributed by atoms with van der Waals surface area (Å²) in [6.07, 6.45) is 2.04. The smallest absolute Gasteiger partial charge is 0.272 e. The van der Waals surface area contributed by atoms with Gasteiger partial charge in [-0.3, -0.25) is 4.90 Å². The highest BCUT2D eigenvalue weighted by Gasteiger charge is 2.36. The molecule has 0 unspecified atom stereocenters. The number of nitrogens with zero attached hydrogens (tertiary/aromatic N) is 1. The maximum atomic E-state index is 13.3. The van der Waals surface area contributed by atoms with E-state index in [2.05, 4.69) is 0 Å². The van der Waals surface area contributed by atoms with E-state index in [1.165, 1.54) is 0 Å². The number of rotatable bonds is 6. The van der Waals surface area contributed by atoms with Gasteiger partial charge < -0.3 is 5.73 Å². The molecule has 0 bridgehead atoms. The third-order valence-electron chi connectivity index (χ3n) is 3.02. The summed E-state index contributed by atoms with van der Waals surface area (Å²) in [5.41, 5.74) is 6.17. The van der Waals surface area contributed by atoms with Gasteiger partial charge >= 0.3 is 0 Å². The van der Waals surface area contributed by atoms with Crippen LogP contribution in [0.2, 0.25) is 0 Å². The Bertz CT molecular complexity index is 350. The van der Waals surface area contributed by atoms with Gasteiger partial charge in [0, 0.05) is 12.6 Å². The van der Waals surface area contributed by atoms with Crippen LogP contribution >= 0.6 is 0 Å². The van der Waals surface area contributed by atoms with E-state index in [4.69, 9.17) is 5.73 Å². The molecule has 1 fully saturated rings. The van der Waals surface area contributed by atoms with Gasteiger partial charge in [0.05, 0.1) is 13.1 Å². The summed E-state index contributed by atoms with van der Waals surface area (Å²) in [5, 5.41) is 0. The van der Waals surface area contributed by atoms with Crippen molar-refractivity contribution in [2.45, 2.75) is 31.4 Å². The predicted octanol–water partition coefficient (Wildman–Crippen LogP) is 2.25. The van der Waals surface area contributed by atoms with Crippen LogP contribution in [-0.2, 0) is 6.54 Å². The number of benzene rings is 1. The summed E-state index contributed by atoms with van der Waals surface area (Å²) in [6, 6.07) is 10.0. The monoisotopic (exact) mass is 240 g/mol. The van der Waals surface area contributed by atoms with Crippen LogP contribution in [-0.4, -0.2) is 30.0 Å². The normalized spacial score (nSPS) is 16.5. The van der Waals surface area contributed by atoms with E-state index in [1.54, 1.807) is 0 Å². The minimum Gasteiger partial charge on any atom is -0.325 e. The van der Waals surface area contributed by atoms with Crippen molar-refractivity contribution in [1.29, 1.82) is 0 Å². The lowest BCUT2D eigenvalue weighted by Gasteiger charge is -2.26. The summed E-state index contributed by atoms with van der Waals surface area (Å²) in [5.74, 6) is -2.78. The number of halogens is 2. The standard InChI is InChI=1S/C13H18F2N2/c14-13(15,9-16)10-17(12-6-7-12)8-11-4-2-1-3-5-11/h1-5,12H,6-10,16H2. The van der Waals surface area contributed by atoms with Crippen molar-refractivity contribution in [1.82, 2.24) is 4.90 Å². The van der Waals surface area contributed by atoms with Crippen molar-refractivity contribution >= 4 is 0 Å². The van der Waals surface area contributed by atoms with Crippen LogP contribution in [0.15, 0.2) is 30.3 Å². The molecule has 0 spiro atoms. The molecular weight excluding hydrogens is 222 g/mol. The van der Waals surface area contributed by atoms with Gasteiger partial charge in [-0.2, -0.15) is 0 Å². The zero-order valence-corrected chi connectivity index (χ0v) is 9.78. The van der Waals surface area contributed by atoms with Crippen molar-refractivity contribution in [2.24, 2.45) is 5.73 Å². The fourth-order valence-corrected chi connectivity index (χ4v) is 1.93. The molecule has 2 N–H and O–H groups in total. The van der Waals surface area contributed by atoms with Crippen molar-refractivity contribution in [3.05, 3.63) is 35.9 Å². The highest BCUT2D eigenvalue weighted by atomic mass is 19.3. The van der Waals surface area contributed by atoms with Crippen LogP contribution in [0.1, 0.15) is 18.4 Å². The molecule has 0 amide bonds. The molecule has 1 aromatic carbocycles. The minimum atomic E-state index is -2.78. The number of hydrogen-bond acceptors (Lipinski definition) is 2. The molecule has 1 aliphatic carbocycles. The van der Waals surface area contributed by atoms with Gasteiger partial charge in [0.1, 0.15) is 0 Å². The molecule has 1 saturated carbocycles. The van der Waals surface area contributed by atoms with Gasteiger partial charge in [-0.25, -0.2) is 8.78 Å².